The van der Waals surface area contributed by atoms with Gasteiger partial charge in [-0.05, 0) is 12.8 Å². The lowest BCUT2D eigenvalue weighted by molar-refractivity contribution is -0.118. The minimum absolute atomic E-state index is 0.112. The molecule has 0 radical (unpaired) electrons. The third-order valence-electron chi connectivity index (χ3n) is 2.79. The highest BCUT2D eigenvalue weighted by Crippen LogP contribution is 2.17. The first-order valence-corrected chi connectivity index (χ1v) is 6.52. The summed E-state index contributed by atoms with van der Waals surface area (Å²) in [5.74, 6) is 0.154. The Morgan fingerprint density at radius 1 is 1.41 bits per heavy atom. The van der Waals surface area contributed by atoms with Gasteiger partial charge in [-0.1, -0.05) is 19.3 Å². The Balaban J connectivity index is 2.43. The van der Waals surface area contributed by atoms with E-state index in [1.54, 1.807) is 0 Å². The number of halogens is 1. The van der Waals surface area contributed by atoms with E-state index in [4.69, 9.17) is 16.9 Å². The number of amides is 1. The van der Waals surface area contributed by atoms with Crippen LogP contribution in [0, 0.1) is 11.3 Å². The number of carbonyl (C=O) groups excluding carboxylic acids is 1. The van der Waals surface area contributed by atoms with Crippen LogP contribution in [-0.4, -0.2) is 24.4 Å². The summed E-state index contributed by atoms with van der Waals surface area (Å²) in [4.78, 5) is 11.8. The van der Waals surface area contributed by atoms with E-state index in [9.17, 15) is 4.79 Å². The highest BCUT2D eigenvalue weighted by molar-refractivity contribution is 6.18. The molecule has 1 rings (SSSR count). The van der Waals surface area contributed by atoms with E-state index in [0.717, 1.165) is 25.7 Å². The Morgan fingerprint density at radius 2 is 2.12 bits per heavy atom. The quantitative estimate of drug-likeness (QED) is 0.340. The van der Waals surface area contributed by atoms with Gasteiger partial charge in [0.2, 0.25) is 0 Å². The van der Waals surface area contributed by atoms with Crippen LogP contribution < -0.4 is 10.6 Å². The van der Waals surface area contributed by atoms with Crippen molar-refractivity contribution in [2.75, 3.05) is 12.4 Å². The van der Waals surface area contributed by atoms with Crippen LogP contribution >= 0.6 is 11.6 Å². The molecule has 0 bridgehead atoms. The Labute approximate surface area is 107 Å². The Kier molecular flexibility index (Phi) is 6.49. The highest BCUT2D eigenvalue weighted by atomic mass is 35.5. The van der Waals surface area contributed by atoms with Crippen molar-refractivity contribution in [3.8, 4) is 6.07 Å². The highest BCUT2D eigenvalue weighted by Gasteiger charge is 2.17. The lowest BCUT2D eigenvalue weighted by Crippen LogP contribution is -2.37. The van der Waals surface area contributed by atoms with Crippen molar-refractivity contribution in [2.45, 2.75) is 38.1 Å². The molecule has 0 spiro atoms. The zero-order chi connectivity index (χ0) is 12.5. The molecule has 0 aliphatic heterocycles. The van der Waals surface area contributed by atoms with Crippen LogP contribution in [0.5, 0.6) is 0 Å². The average molecular weight is 256 g/mol. The van der Waals surface area contributed by atoms with Crippen LogP contribution in [0.1, 0.15) is 32.1 Å². The first-order valence-electron chi connectivity index (χ1n) is 5.98. The van der Waals surface area contributed by atoms with E-state index in [1.807, 2.05) is 6.07 Å². The monoisotopic (exact) mass is 255 g/mol. The second kappa shape index (κ2) is 7.97. The third-order valence-corrected chi connectivity index (χ3v) is 2.98. The van der Waals surface area contributed by atoms with E-state index in [0.29, 0.717) is 12.4 Å². The number of alkyl halides is 1. The molecule has 1 saturated carbocycles. The number of nitrogens with zero attached hydrogens (tertiary/aromatic N) is 1. The summed E-state index contributed by atoms with van der Waals surface area (Å²) in [5.41, 5.74) is 0.112. The molecule has 0 aromatic heterocycles. The molecule has 1 amide bonds. The molecule has 0 heterocycles. The van der Waals surface area contributed by atoms with Crippen LogP contribution in [0.25, 0.3) is 0 Å². The van der Waals surface area contributed by atoms with Crippen molar-refractivity contribution >= 4 is 17.5 Å². The van der Waals surface area contributed by atoms with Gasteiger partial charge < -0.3 is 10.6 Å². The van der Waals surface area contributed by atoms with Gasteiger partial charge in [-0.2, -0.15) is 5.26 Å². The number of hydrogen-bond donors (Lipinski definition) is 2. The smallest absolute Gasteiger partial charge is 0.263 e. The second-order valence-electron chi connectivity index (χ2n) is 4.12. The van der Waals surface area contributed by atoms with Gasteiger partial charge in [-0.3, -0.25) is 4.79 Å². The summed E-state index contributed by atoms with van der Waals surface area (Å²) in [5, 5.41) is 14.6. The fraction of sp³-hybridized carbons (Fsp3) is 0.667. The lowest BCUT2D eigenvalue weighted by Gasteiger charge is -2.22. The van der Waals surface area contributed by atoms with E-state index in [2.05, 4.69) is 10.6 Å². The van der Waals surface area contributed by atoms with E-state index in [1.165, 1.54) is 12.6 Å². The van der Waals surface area contributed by atoms with Gasteiger partial charge in [-0.25, -0.2) is 0 Å². The molecule has 1 aliphatic rings. The number of rotatable bonds is 5. The topological polar surface area (TPSA) is 64.9 Å². The van der Waals surface area contributed by atoms with Gasteiger partial charge >= 0.3 is 0 Å². The molecule has 0 unspecified atom stereocenters. The fourth-order valence-corrected chi connectivity index (χ4v) is 2.00. The van der Waals surface area contributed by atoms with E-state index >= 15 is 0 Å². The summed E-state index contributed by atoms with van der Waals surface area (Å²) in [7, 11) is 0. The number of nitrogens with one attached hydrogen (secondary N) is 2. The van der Waals surface area contributed by atoms with Gasteiger partial charge in [0.1, 0.15) is 11.6 Å². The van der Waals surface area contributed by atoms with Crippen LogP contribution in [0.3, 0.4) is 0 Å². The number of nitriles is 1. The normalized spacial score (nSPS) is 17.3. The second-order valence-corrected chi connectivity index (χ2v) is 4.50. The van der Waals surface area contributed by atoms with Gasteiger partial charge in [0, 0.05) is 24.7 Å². The van der Waals surface area contributed by atoms with Crippen molar-refractivity contribution in [3.05, 3.63) is 11.8 Å². The Bertz CT molecular complexity index is 316. The minimum atomic E-state index is -0.290. The van der Waals surface area contributed by atoms with Crippen molar-refractivity contribution in [1.82, 2.24) is 10.6 Å². The maximum atomic E-state index is 11.8. The summed E-state index contributed by atoms with van der Waals surface area (Å²) in [6, 6.07) is 2.12. The molecule has 4 nitrogen and oxygen atoms in total. The maximum Gasteiger partial charge on any atom is 0.263 e. The largest absolute Gasteiger partial charge is 0.388 e. The van der Waals surface area contributed by atoms with Gasteiger partial charge in [-0.15, -0.1) is 11.6 Å². The molecule has 0 aromatic carbocycles. The van der Waals surface area contributed by atoms with Crippen LogP contribution in [0.15, 0.2) is 11.8 Å². The van der Waals surface area contributed by atoms with Gasteiger partial charge in [0.05, 0.1) is 0 Å². The lowest BCUT2D eigenvalue weighted by atomic mass is 9.95. The van der Waals surface area contributed by atoms with Crippen molar-refractivity contribution in [2.24, 2.45) is 0 Å². The fourth-order valence-electron chi connectivity index (χ4n) is 1.89. The third kappa shape index (κ3) is 5.10. The molecular formula is C12H18ClN3O. The number of hydrogen-bond acceptors (Lipinski definition) is 3. The first kappa shape index (κ1) is 13.9. The molecule has 1 fully saturated rings. The maximum absolute atomic E-state index is 11.8. The zero-order valence-electron chi connectivity index (χ0n) is 9.84. The van der Waals surface area contributed by atoms with Gasteiger partial charge in [0.15, 0.2) is 0 Å². The molecule has 0 saturated heterocycles. The first-order chi connectivity index (χ1) is 8.27. The summed E-state index contributed by atoms with van der Waals surface area (Å²) >= 11 is 5.49. The SMILES string of the molecule is N#C/C(=C/NCCCl)C(=O)NC1CCCCC1. The molecular weight excluding hydrogens is 238 g/mol. The van der Waals surface area contributed by atoms with Crippen LogP contribution in [-0.2, 0) is 4.79 Å². The van der Waals surface area contributed by atoms with Crippen molar-refractivity contribution in [1.29, 1.82) is 5.26 Å². The van der Waals surface area contributed by atoms with Crippen LogP contribution in [0.2, 0.25) is 0 Å². The van der Waals surface area contributed by atoms with Gasteiger partial charge in [0.25, 0.3) is 5.91 Å². The molecule has 17 heavy (non-hydrogen) atoms. The predicted molar refractivity (Wildman–Crippen MR) is 67.4 cm³/mol. The van der Waals surface area contributed by atoms with Crippen molar-refractivity contribution in [3.63, 3.8) is 0 Å². The molecule has 1 aliphatic carbocycles. The minimum Gasteiger partial charge on any atom is -0.388 e. The molecule has 94 valence electrons. The summed E-state index contributed by atoms with van der Waals surface area (Å²) in [6.07, 6.45) is 7.01. The van der Waals surface area contributed by atoms with E-state index < -0.39 is 0 Å². The molecule has 5 heteroatoms. The Hall–Kier alpha value is -1.21. The molecule has 0 atom stereocenters. The number of carbonyl (C=O) groups is 1. The standard InChI is InChI=1S/C12H18ClN3O/c13-6-7-15-9-10(8-14)12(17)16-11-4-2-1-3-5-11/h9,11,15H,1-7H2,(H,16,17)/b10-9-. The predicted octanol–water partition coefficient (Wildman–Crippen LogP) is 1.67. The summed E-state index contributed by atoms with van der Waals surface area (Å²) < 4.78 is 0. The average Bonchev–Trinajstić information content (AvgIpc) is 2.36. The zero-order valence-corrected chi connectivity index (χ0v) is 10.6. The molecule has 2 N–H and O–H groups in total. The Morgan fingerprint density at radius 3 is 2.71 bits per heavy atom. The van der Waals surface area contributed by atoms with Crippen molar-refractivity contribution < 1.29 is 4.79 Å². The van der Waals surface area contributed by atoms with Crippen LogP contribution in [0.4, 0.5) is 0 Å². The summed E-state index contributed by atoms with van der Waals surface area (Å²) in [6.45, 7) is 0.545. The molecule has 0 aromatic rings. The van der Waals surface area contributed by atoms with E-state index in [-0.39, 0.29) is 17.5 Å².